The van der Waals surface area contributed by atoms with Crippen LogP contribution in [0.2, 0.25) is 0 Å². The monoisotopic (exact) mass is 1520 g/mol. The number of hydrogen-bond donors (Lipinski definition) is 0. The second-order valence-corrected chi connectivity index (χ2v) is 26.5. The number of carbonyl (C=O) groups is 2. The lowest BCUT2D eigenvalue weighted by molar-refractivity contribution is -0.138. The molecular formula is C82H80F10N6O6S2. The van der Waals surface area contributed by atoms with Crippen LogP contribution in [0.15, 0.2) is 207 Å². The fraction of sp³-hybridized carbons (Fsp3) is 0.317. The minimum absolute atomic E-state index is 0.00772. The summed E-state index contributed by atoms with van der Waals surface area (Å²) in [6.45, 7) is -1.23. The summed E-state index contributed by atoms with van der Waals surface area (Å²) >= 11 is 1.37. The Kier molecular flexibility index (Phi) is 17.2. The van der Waals surface area contributed by atoms with E-state index in [0.29, 0.717) is 81.8 Å². The second-order valence-electron chi connectivity index (χ2n) is 24.5. The Morgan fingerprint density at radius 1 is 0.585 bits per heavy atom. The molecule has 24 heteroatoms. The number of benzene rings is 8. The zero-order valence-electron chi connectivity index (χ0n) is 80.4. The third-order valence-corrected chi connectivity index (χ3v) is 19.8. The van der Waals surface area contributed by atoms with Crippen molar-refractivity contribution in [1.82, 2.24) is 28.7 Å². The standard InChI is InChI=1S/2C41H40F5N3O3S/c1-27(28-10-12-29(13-11-28)30-14-16-32(17-15-30)41(44,45)46)49(33-18-20-47(21-19-33)22-23-52-2)38(51)25-48-36-9-4-3-7-34(36)37(50)24-39(48)53-26-31-6-5-8-35(42)40(31)43;1-27-6-15-36-34(22-27)37(50)23-39(53-26-31-4-3-5-35(42)40(31)43)49(36)25-38(51)48(33-16-18-47(19-17-33)20-21-52-2)24-28-7-9-29(10-8-28)30-11-13-32(14-12-30)41(44,45)46/h3-17,24,27,33H,18-23,25-26H2,1-2H3;3-15,22-23,33H,16-21,24-26H2,1-2H3/i2D3,27D;2D3,3D,4D,5D,6D,7D,8D,9D,10D,11D,12D,13D,14D,15D,22D,23D,24D2. The number of pyridine rings is 2. The summed E-state index contributed by atoms with van der Waals surface area (Å²) in [6.07, 6.45) is -9.36. The molecule has 0 bridgehead atoms. The van der Waals surface area contributed by atoms with Crippen LogP contribution in [0.3, 0.4) is 0 Å². The summed E-state index contributed by atoms with van der Waals surface area (Å²) in [5, 5.41) is -0.649. The van der Waals surface area contributed by atoms with E-state index >= 15 is 9.18 Å². The summed E-state index contributed by atoms with van der Waals surface area (Å²) < 4.78 is 353. The molecule has 1 unspecified atom stereocenters. The molecule has 2 amide bonds. The highest BCUT2D eigenvalue weighted by atomic mass is 32.2. The smallest absolute Gasteiger partial charge is 0.383 e. The van der Waals surface area contributed by atoms with Gasteiger partial charge < -0.3 is 38.2 Å². The molecule has 2 fully saturated rings. The Labute approximate surface area is 650 Å². The van der Waals surface area contributed by atoms with Crippen molar-refractivity contribution in [3.8, 4) is 22.3 Å². The number of hydrogen-bond acceptors (Lipinski definition) is 10. The highest BCUT2D eigenvalue weighted by Gasteiger charge is 2.35. The van der Waals surface area contributed by atoms with Crippen molar-refractivity contribution in [3.05, 3.63) is 270 Å². The van der Waals surface area contributed by atoms with Crippen LogP contribution in [-0.2, 0) is 62.5 Å². The molecule has 0 spiro atoms. The van der Waals surface area contributed by atoms with Gasteiger partial charge in [0.1, 0.15) is 13.1 Å². The predicted octanol–water partition coefficient (Wildman–Crippen LogP) is 17.7. The van der Waals surface area contributed by atoms with E-state index in [9.17, 15) is 58.0 Å². The topological polar surface area (TPSA) is 110 Å². The Balaban J connectivity index is 0.000000259. The van der Waals surface area contributed by atoms with Gasteiger partial charge in [-0.2, -0.15) is 26.3 Å². The summed E-state index contributed by atoms with van der Waals surface area (Å²) in [5.74, 6) is -8.32. The third kappa shape index (κ3) is 19.2. The first-order valence-corrected chi connectivity index (χ1v) is 34.8. The summed E-state index contributed by atoms with van der Waals surface area (Å²) in [5.41, 5.74) is -7.28. The van der Waals surface area contributed by atoms with Crippen LogP contribution >= 0.6 is 23.5 Å². The van der Waals surface area contributed by atoms with Crippen molar-refractivity contribution in [1.29, 1.82) is 0 Å². The minimum atomic E-state index is -5.41. The number of nitrogens with zero attached hydrogens (tertiary/aromatic N) is 6. The van der Waals surface area contributed by atoms with Gasteiger partial charge in [-0.05, 0) is 133 Å². The van der Waals surface area contributed by atoms with Crippen molar-refractivity contribution in [2.75, 3.05) is 66.6 Å². The number of halogens is 10. The third-order valence-electron chi connectivity index (χ3n) is 17.7. The number of piperidine rings is 2. The number of thioether (sulfide) groups is 2. The highest BCUT2D eigenvalue weighted by molar-refractivity contribution is 7.98. The van der Waals surface area contributed by atoms with E-state index in [1.807, 2.05) is 4.90 Å². The van der Waals surface area contributed by atoms with Crippen LogP contribution in [-0.4, -0.2) is 119 Å². The first-order valence-electron chi connectivity index (χ1n) is 44.9. The Bertz CT molecular complexity index is 6080. The van der Waals surface area contributed by atoms with Crippen LogP contribution < -0.4 is 10.9 Å². The Hall–Kier alpha value is -9.04. The van der Waals surface area contributed by atoms with Gasteiger partial charge in [0.05, 0.1) is 84.3 Å². The minimum Gasteiger partial charge on any atom is -0.383 e. The first kappa shape index (κ1) is 52.1. The van der Waals surface area contributed by atoms with Gasteiger partial charge in [0.25, 0.3) is 0 Å². The van der Waals surface area contributed by atoms with Crippen molar-refractivity contribution in [2.24, 2.45) is 0 Å². The van der Waals surface area contributed by atoms with Crippen LogP contribution in [0.5, 0.6) is 0 Å². The number of fused-ring (bicyclic) bond motifs is 2. The molecule has 0 saturated carbocycles. The second kappa shape index (κ2) is 35.1. The van der Waals surface area contributed by atoms with E-state index in [-0.39, 0.29) is 74.5 Å². The molecule has 4 heterocycles. The molecule has 0 radical (unpaired) electrons. The lowest BCUT2D eigenvalue weighted by atomic mass is 9.96. The van der Waals surface area contributed by atoms with Crippen LogP contribution in [0, 0.1) is 30.2 Å². The lowest BCUT2D eigenvalue weighted by Gasteiger charge is -2.42. The molecular weight excluding hydrogens is 1420 g/mol. The van der Waals surface area contributed by atoms with E-state index in [0.717, 1.165) is 34.5 Å². The number of alkyl halides is 6. The Morgan fingerprint density at radius 3 is 1.78 bits per heavy atom. The summed E-state index contributed by atoms with van der Waals surface area (Å²) in [7, 11) is -5.27. The van der Waals surface area contributed by atoms with Crippen LogP contribution in [0.4, 0.5) is 43.9 Å². The number of likely N-dealkylation sites (tertiary alicyclic amines) is 2. The molecule has 10 aromatic rings. The number of ether oxygens (including phenoxy) is 2. The molecule has 12 rings (SSSR count). The van der Waals surface area contributed by atoms with E-state index in [4.69, 9.17) is 38.3 Å². The molecule has 0 aliphatic carbocycles. The van der Waals surface area contributed by atoms with Crippen molar-refractivity contribution < 1.29 is 95.9 Å². The molecule has 12 nitrogen and oxygen atoms in total. The van der Waals surface area contributed by atoms with Gasteiger partial charge in [0.2, 0.25) is 11.8 Å². The molecule has 0 N–H and O–H groups in total. The number of methoxy groups -OCH3 is 2. The fourth-order valence-electron chi connectivity index (χ4n) is 12.2. The van der Waals surface area contributed by atoms with E-state index < -0.39 is 244 Å². The molecule has 1 atom stereocenters. The molecule has 2 aliphatic heterocycles. The highest BCUT2D eigenvalue weighted by Crippen LogP contribution is 2.37. The normalized spacial score (nSPS) is 18.4. The van der Waals surface area contributed by atoms with Crippen LogP contribution in [0.25, 0.3) is 44.1 Å². The van der Waals surface area contributed by atoms with Gasteiger partial charge in [-0.1, -0.05) is 121 Å². The molecule has 8 aromatic carbocycles. The van der Waals surface area contributed by atoms with E-state index in [1.54, 1.807) is 64.9 Å². The van der Waals surface area contributed by atoms with Crippen molar-refractivity contribution in [3.63, 3.8) is 0 Å². The number of rotatable bonds is 24. The predicted molar refractivity (Wildman–Crippen MR) is 395 cm³/mol. The van der Waals surface area contributed by atoms with Gasteiger partial charge in [-0.25, -0.2) is 17.6 Å². The maximum absolute atomic E-state index is 15.3. The van der Waals surface area contributed by atoms with Gasteiger partial charge >= 0.3 is 12.4 Å². The van der Waals surface area contributed by atoms with Crippen LogP contribution in [0.1, 0.15) is 110 Å². The quantitative estimate of drug-likeness (QED) is 0.0428. The van der Waals surface area contributed by atoms with Gasteiger partial charge in [0.15, 0.2) is 34.1 Å². The van der Waals surface area contributed by atoms with Gasteiger partial charge in [-0.3, -0.25) is 19.2 Å². The Morgan fingerprint density at radius 2 is 1.15 bits per heavy atom. The molecule has 2 aliphatic rings. The largest absolute Gasteiger partial charge is 0.416 e. The first-order chi connectivity index (χ1) is 60.5. The number of carbonyl (C=O) groups excluding carboxylic acids is 2. The van der Waals surface area contributed by atoms with E-state index in [2.05, 4.69) is 0 Å². The summed E-state index contributed by atoms with van der Waals surface area (Å²) in [4.78, 5) is 63.1. The molecule has 106 heavy (non-hydrogen) atoms. The molecule has 556 valence electrons. The van der Waals surface area contributed by atoms with Crippen molar-refractivity contribution >= 4 is 57.1 Å². The number of amides is 2. The average molecular weight is 1520 g/mol. The van der Waals surface area contributed by atoms with Gasteiger partial charge in [0, 0.05) is 117 Å². The SMILES string of the molecule is [2H]C([2H])([2H])OCCN1CCC(N(C(=O)Cn2c(SCc3cccc(F)c3F)cc(=O)c3ccccc32)C([2H])(C)c2ccc(-c3ccc(C(F)(F)F)cc3)cc2)CC1.[2H]c1c([2H])c(F)c(F)c(CSc2c([2H])c(=O)c3c([2H])c(C)c([2H])c([2H])c3n2CC(=O)N(C2CCN(CCOC([2H])([2H])[2H])CC2)C([2H])([2H])c2c([2H])c([2H])c(-c3c([2H])c([2H])c(C(F)(F)F)c([2H])c3[2H])c([2H])c2[2H])c1[2H]. The fourth-order valence-corrected chi connectivity index (χ4v) is 14.2. The maximum atomic E-state index is 15.3. The van der Waals surface area contributed by atoms with Gasteiger partial charge in [-0.15, -0.1) is 23.5 Å². The number of aromatic nitrogens is 2. The lowest BCUT2D eigenvalue weighted by Crippen LogP contribution is -2.49. The van der Waals surface area contributed by atoms with Crippen molar-refractivity contribution in [2.45, 2.75) is 111 Å². The van der Waals surface area contributed by atoms with E-state index in [1.165, 1.54) is 42.2 Å². The zero-order chi connectivity index (χ0) is 96.2. The summed E-state index contributed by atoms with van der Waals surface area (Å²) in [6, 6.07) is 2.34. The molecule has 2 saturated heterocycles. The number of para-hydroxylation sites is 1. The average Bonchev–Trinajstić information content (AvgIpc) is 0.726. The molecule has 2 aromatic heterocycles. The maximum Gasteiger partial charge on any atom is 0.416 e. The zero-order valence-corrected chi connectivity index (χ0v) is 58.1.